The summed E-state index contributed by atoms with van der Waals surface area (Å²) in [4.78, 5) is 12.7. The third kappa shape index (κ3) is 3.10. The quantitative estimate of drug-likeness (QED) is 0.570. The second-order valence-electron chi connectivity index (χ2n) is 6.10. The van der Waals surface area contributed by atoms with Gasteiger partial charge < -0.3 is 5.32 Å². The molecule has 1 aromatic heterocycles. The topological polar surface area (TPSA) is 59.8 Å². The van der Waals surface area contributed by atoms with Crippen LogP contribution in [-0.2, 0) is 4.79 Å². The molecule has 4 aromatic rings. The summed E-state index contributed by atoms with van der Waals surface area (Å²) in [6, 6.07) is 16.4. The molecule has 0 spiro atoms. The Bertz CT molecular complexity index is 1180. The number of nitrogens with zero attached hydrogens (tertiary/aromatic N) is 3. The Morgan fingerprint density at radius 2 is 1.67 bits per heavy atom. The molecule has 0 saturated heterocycles. The van der Waals surface area contributed by atoms with E-state index in [1.165, 1.54) is 10.9 Å². The lowest BCUT2D eigenvalue weighted by molar-refractivity contribution is -0.167. The minimum atomic E-state index is -4.96. The number of nitrogens with one attached hydrogen (secondary N) is 1. The van der Waals surface area contributed by atoms with E-state index < -0.39 is 12.1 Å². The van der Waals surface area contributed by atoms with Crippen molar-refractivity contribution in [3.63, 3.8) is 0 Å². The van der Waals surface area contributed by atoms with Gasteiger partial charge in [0.1, 0.15) is 11.0 Å². The van der Waals surface area contributed by atoms with Crippen molar-refractivity contribution >= 4 is 33.4 Å². The number of halogens is 3. The van der Waals surface area contributed by atoms with Crippen LogP contribution in [0.5, 0.6) is 0 Å². The van der Waals surface area contributed by atoms with Crippen LogP contribution in [0.3, 0.4) is 0 Å². The standard InChI is InChI=1S/C19H13F3N4O/c1-11-9-15-16(10-14(11)23-18(27)19(20,21)22)25-26(24-15)17-8-4-6-12-5-2-3-7-13(12)17/h2-10H,1H3,(H,23,27). The highest BCUT2D eigenvalue weighted by atomic mass is 19.4. The molecule has 1 N–H and O–H groups in total. The van der Waals surface area contributed by atoms with Crippen LogP contribution in [0.15, 0.2) is 54.6 Å². The number of rotatable bonds is 2. The van der Waals surface area contributed by atoms with Gasteiger partial charge in [0.15, 0.2) is 0 Å². The number of alkyl halides is 3. The summed E-state index contributed by atoms with van der Waals surface area (Å²) in [5, 5.41) is 12.7. The minimum Gasteiger partial charge on any atom is -0.318 e. The van der Waals surface area contributed by atoms with Crippen LogP contribution in [-0.4, -0.2) is 27.1 Å². The lowest BCUT2D eigenvalue weighted by Gasteiger charge is -2.09. The van der Waals surface area contributed by atoms with Crippen molar-refractivity contribution in [2.75, 3.05) is 5.32 Å². The zero-order valence-electron chi connectivity index (χ0n) is 14.1. The fraction of sp³-hybridized carbons (Fsp3) is 0.105. The first-order valence-electron chi connectivity index (χ1n) is 8.07. The molecule has 1 heterocycles. The van der Waals surface area contributed by atoms with Crippen LogP contribution < -0.4 is 5.32 Å². The lowest BCUT2D eigenvalue weighted by atomic mass is 10.1. The first-order chi connectivity index (χ1) is 12.8. The van der Waals surface area contributed by atoms with E-state index in [1.54, 1.807) is 13.0 Å². The number of carbonyl (C=O) groups is 1. The number of hydrogen-bond acceptors (Lipinski definition) is 3. The summed E-state index contributed by atoms with van der Waals surface area (Å²) in [7, 11) is 0. The van der Waals surface area contributed by atoms with Gasteiger partial charge in [0, 0.05) is 11.1 Å². The molecule has 0 bridgehead atoms. The summed E-state index contributed by atoms with van der Waals surface area (Å²) in [5.74, 6) is -2.02. The highest BCUT2D eigenvalue weighted by molar-refractivity contribution is 5.97. The van der Waals surface area contributed by atoms with Crippen LogP contribution in [0, 0.1) is 6.92 Å². The Morgan fingerprint density at radius 1 is 1.00 bits per heavy atom. The maximum atomic E-state index is 12.5. The molecule has 0 unspecified atom stereocenters. The van der Waals surface area contributed by atoms with Crippen molar-refractivity contribution < 1.29 is 18.0 Å². The number of hydrogen-bond donors (Lipinski definition) is 1. The summed E-state index contributed by atoms with van der Waals surface area (Å²) in [6.07, 6.45) is -4.96. The monoisotopic (exact) mass is 370 g/mol. The Morgan fingerprint density at radius 3 is 2.41 bits per heavy atom. The van der Waals surface area contributed by atoms with E-state index in [0.717, 1.165) is 16.5 Å². The van der Waals surface area contributed by atoms with Gasteiger partial charge in [0.05, 0.1) is 5.69 Å². The molecule has 0 aliphatic heterocycles. The van der Waals surface area contributed by atoms with Gasteiger partial charge in [-0.1, -0.05) is 36.4 Å². The molecule has 0 saturated carbocycles. The Kier molecular flexibility index (Phi) is 3.83. The summed E-state index contributed by atoms with van der Waals surface area (Å²) in [6.45, 7) is 1.60. The molecule has 136 valence electrons. The lowest BCUT2D eigenvalue weighted by Crippen LogP contribution is -2.30. The first-order valence-corrected chi connectivity index (χ1v) is 8.07. The summed E-state index contributed by atoms with van der Waals surface area (Å²) in [5.41, 5.74) is 2.17. The fourth-order valence-corrected chi connectivity index (χ4v) is 2.89. The normalized spacial score (nSPS) is 11.9. The predicted molar refractivity (Wildman–Crippen MR) is 95.8 cm³/mol. The van der Waals surface area contributed by atoms with Gasteiger partial charge in [0.25, 0.3) is 0 Å². The molecule has 4 rings (SSSR count). The summed E-state index contributed by atoms with van der Waals surface area (Å²) >= 11 is 0. The van der Waals surface area contributed by atoms with Crippen molar-refractivity contribution in [1.29, 1.82) is 0 Å². The maximum absolute atomic E-state index is 12.5. The van der Waals surface area contributed by atoms with E-state index >= 15 is 0 Å². The van der Waals surface area contributed by atoms with E-state index in [0.29, 0.717) is 16.6 Å². The molecule has 0 fully saturated rings. The zero-order chi connectivity index (χ0) is 19.2. The van der Waals surface area contributed by atoms with Crippen LogP contribution >= 0.6 is 0 Å². The highest BCUT2D eigenvalue weighted by Crippen LogP contribution is 2.26. The number of benzene rings is 3. The van der Waals surface area contributed by atoms with Crippen molar-refractivity contribution in [3.05, 3.63) is 60.2 Å². The van der Waals surface area contributed by atoms with Gasteiger partial charge in [-0.2, -0.15) is 13.2 Å². The first kappa shape index (κ1) is 17.0. The van der Waals surface area contributed by atoms with E-state index in [2.05, 4.69) is 10.2 Å². The number of aromatic nitrogens is 3. The number of anilines is 1. The van der Waals surface area contributed by atoms with Gasteiger partial charge in [0.2, 0.25) is 0 Å². The molecular weight excluding hydrogens is 357 g/mol. The molecule has 0 atom stereocenters. The van der Waals surface area contributed by atoms with E-state index in [9.17, 15) is 18.0 Å². The van der Waals surface area contributed by atoms with Crippen molar-refractivity contribution in [3.8, 4) is 5.69 Å². The van der Waals surface area contributed by atoms with Crippen LogP contribution in [0.4, 0.5) is 18.9 Å². The van der Waals surface area contributed by atoms with Crippen LogP contribution in [0.1, 0.15) is 5.56 Å². The van der Waals surface area contributed by atoms with Gasteiger partial charge in [-0.3, -0.25) is 4.79 Å². The second-order valence-corrected chi connectivity index (χ2v) is 6.10. The maximum Gasteiger partial charge on any atom is 0.471 e. The third-order valence-corrected chi connectivity index (χ3v) is 4.21. The van der Waals surface area contributed by atoms with E-state index in [4.69, 9.17) is 0 Å². The van der Waals surface area contributed by atoms with E-state index in [-0.39, 0.29) is 5.69 Å². The zero-order valence-corrected chi connectivity index (χ0v) is 14.1. The van der Waals surface area contributed by atoms with Crippen molar-refractivity contribution in [2.45, 2.75) is 13.1 Å². The Hall–Kier alpha value is -3.42. The minimum absolute atomic E-state index is 0.0507. The average Bonchev–Trinajstić information content (AvgIpc) is 3.03. The molecule has 0 aliphatic carbocycles. The highest BCUT2D eigenvalue weighted by Gasteiger charge is 2.38. The molecule has 1 amide bonds. The van der Waals surface area contributed by atoms with Gasteiger partial charge in [-0.15, -0.1) is 15.0 Å². The third-order valence-electron chi connectivity index (χ3n) is 4.21. The van der Waals surface area contributed by atoms with Crippen LogP contribution in [0.25, 0.3) is 27.5 Å². The largest absolute Gasteiger partial charge is 0.471 e. The predicted octanol–water partition coefficient (Wildman–Crippen LogP) is 4.38. The van der Waals surface area contributed by atoms with E-state index in [1.807, 2.05) is 47.8 Å². The second kappa shape index (κ2) is 6.08. The van der Waals surface area contributed by atoms with Crippen molar-refractivity contribution in [1.82, 2.24) is 15.0 Å². The molecule has 0 radical (unpaired) electrons. The van der Waals surface area contributed by atoms with Crippen LogP contribution in [0.2, 0.25) is 0 Å². The average molecular weight is 370 g/mol. The van der Waals surface area contributed by atoms with Gasteiger partial charge in [-0.25, -0.2) is 0 Å². The number of aryl methyl sites for hydroxylation is 1. The molecular formula is C19H13F3N4O. The fourth-order valence-electron chi connectivity index (χ4n) is 2.89. The molecule has 27 heavy (non-hydrogen) atoms. The molecule has 3 aromatic carbocycles. The molecule has 8 heteroatoms. The van der Waals surface area contributed by atoms with Crippen molar-refractivity contribution in [2.24, 2.45) is 0 Å². The van der Waals surface area contributed by atoms with Gasteiger partial charge >= 0.3 is 12.1 Å². The Labute approximate surface area is 151 Å². The van der Waals surface area contributed by atoms with Gasteiger partial charge in [-0.05, 0) is 36.1 Å². The number of amides is 1. The summed E-state index contributed by atoms with van der Waals surface area (Å²) < 4.78 is 37.5. The molecule has 5 nitrogen and oxygen atoms in total. The Balaban J connectivity index is 1.80. The molecule has 0 aliphatic rings. The number of fused-ring (bicyclic) bond motifs is 2. The number of carbonyl (C=O) groups excluding carboxylic acids is 1. The smallest absolute Gasteiger partial charge is 0.318 e. The SMILES string of the molecule is Cc1cc2nn(-c3cccc4ccccc34)nc2cc1NC(=O)C(F)(F)F.